The fraction of sp³-hybridized carbons (Fsp3) is 0.250. The second kappa shape index (κ2) is 13.4. The lowest BCUT2D eigenvalue weighted by atomic mass is 9.93. The molecule has 1 heterocycles. The van der Waals surface area contributed by atoms with Crippen LogP contribution in [0.4, 0.5) is 16.2 Å². The summed E-state index contributed by atoms with van der Waals surface area (Å²) in [6.07, 6.45) is 0.958. The minimum absolute atomic E-state index is 0.131. The van der Waals surface area contributed by atoms with Gasteiger partial charge in [0.15, 0.2) is 5.82 Å². The molecule has 4 N–H and O–H groups in total. The monoisotopic (exact) mass is 547 g/mol. The molecule has 2 amide bonds. The van der Waals surface area contributed by atoms with Crippen molar-refractivity contribution >= 4 is 35.0 Å². The Hall–Kier alpha value is -4.44. The predicted molar refractivity (Wildman–Crippen MR) is 149 cm³/mol. The number of likely N-dealkylation sites (N-methyl/N-ethyl adjacent to an activating group) is 1. The number of anilines is 2. The van der Waals surface area contributed by atoms with Gasteiger partial charge in [0, 0.05) is 29.9 Å². The average molecular weight is 548 g/mol. The SMILES string of the molecule is CC[C@H](Cc1nn[nH]n1)c1ccc(N[C@H](C(=O)NC)c2cc(Cl)cc(NC(=O)OCc3ccccc3)c2)cc1. The van der Waals surface area contributed by atoms with Crippen molar-refractivity contribution < 1.29 is 14.3 Å². The first kappa shape index (κ1) is 27.6. The van der Waals surface area contributed by atoms with Crippen LogP contribution in [0.2, 0.25) is 5.02 Å². The molecule has 0 radical (unpaired) electrons. The molecule has 0 saturated heterocycles. The maximum absolute atomic E-state index is 12.9. The van der Waals surface area contributed by atoms with Crippen LogP contribution < -0.4 is 16.0 Å². The number of carbonyl (C=O) groups is 2. The zero-order valence-corrected chi connectivity index (χ0v) is 22.4. The Morgan fingerprint density at radius 3 is 2.44 bits per heavy atom. The van der Waals surface area contributed by atoms with Gasteiger partial charge in [-0.1, -0.05) is 66.2 Å². The Bertz CT molecular complexity index is 1370. The third kappa shape index (κ3) is 7.78. The van der Waals surface area contributed by atoms with Crippen LogP contribution in [-0.4, -0.2) is 39.7 Å². The Kier molecular flexibility index (Phi) is 9.47. The van der Waals surface area contributed by atoms with Crippen molar-refractivity contribution in [2.45, 2.75) is 38.3 Å². The van der Waals surface area contributed by atoms with Crippen molar-refractivity contribution in [1.29, 1.82) is 0 Å². The smallest absolute Gasteiger partial charge is 0.411 e. The quantitative estimate of drug-likeness (QED) is 0.202. The summed E-state index contributed by atoms with van der Waals surface area (Å²) < 4.78 is 5.31. The maximum Gasteiger partial charge on any atom is 0.411 e. The van der Waals surface area contributed by atoms with Gasteiger partial charge in [0.2, 0.25) is 5.91 Å². The van der Waals surface area contributed by atoms with Crippen molar-refractivity contribution in [2.24, 2.45) is 0 Å². The third-order valence-corrected chi connectivity index (χ3v) is 6.44. The van der Waals surface area contributed by atoms with E-state index in [-0.39, 0.29) is 18.4 Å². The summed E-state index contributed by atoms with van der Waals surface area (Å²) in [6.45, 7) is 2.24. The highest BCUT2D eigenvalue weighted by molar-refractivity contribution is 6.31. The Morgan fingerprint density at radius 2 is 1.77 bits per heavy atom. The largest absolute Gasteiger partial charge is 0.444 e. The molecule has 0 aliphatic carbocycles. The van der Waals surface area contributed by atoms with Crippen LogP contribution in [0, 0.1) is 0 Å². The predicted octanol–water partition coefficient (Wildman–Crippen LogP) is 5.24. The Labute approximate surface area is 231 Å². The van der Waals surface area contributed by atoms with Gasteiger partial charge >= 0.3 is 6.09 Å². The number of aromatic amines is 1. The summed E-state index contributed by atoms with van der Waals surface area (Å²) in [5.41, 5.74) is 3.74. The van der Waals surface area contributed by atoms with Gasteiger partial charge in [-0.2, -0.15) is 5.21 Å². The fourth-order valence-corrected chi connectivity index (χ4v) is 4.42. The van der Waals surface area contributed by atoms with Gasteiger partial charge in [0.25, 0.3) is 0 Å². The highest BCUT2D eigenvalue weighted by Gasteiger charge is 2.22. The maximum atomic E-state index is 12.9. The molecule has 10 nitrogen and oxygen atoms in total. The second-order valence-corrected chi connectivity index (χ2v) is 9.35. The summed E-state index contributed by atoms with van der Waals surface area (Å²) in [5.74, 6) is 0.634. The number of nitrogens with one attached hydrogen (secondary N) is 4. The van der Waals surface area contributed by atoms with E-state index < -0.39 is 12.1 Å². The van der Waals surface area contributed by atoms with E-state index in [2.05, 4.69) is 43.5 Å². The Balaban J connectivity index is 1.46. The number of carbonyl (C=O) groups excluding carboxylic acids is 2. The summed E-state index contributed by atoms with van der Waals surface area (Å²) in [6, 6.07) is 21.5. The molecule has 2 atom stereocenters. The molecule has 0 spiro atoms. The molecule has 0 fully saturated rings. The normalized spacial score (nSPS) is 12.3. The number of amides is 2. The van der Waals surface area contributed by atoms with Crippen LogP contribution in [0.15, 0.2) is 72.8 Å². The number of nitrogens with zero attached hydrogens (tertiary/aromatic N) is 3. The lowest BCUT2D eigenvalue weighted by molar-refractivity contribution is -0.121. The first-order valence-electron chi connectivity index (χ1n) is 12.5. The van der Waals surface area contributed by atoms with E-state index in [0.29, 0.717) is 28.5 Å². The highest BCUT2D eigenvalue weighted by atomic mass is 35.5. The molecule has 0 bridgehead atoms. The lowest BCUT2D eigenvalue weighted by Gasteiger charge is -2.21. The van der Waals surface area contributed by atoms with Crippen LogP contribution in [0.1, 0.15) is 47.8 Å². The van der Waals surface area contributed by atoms with E-state index >= 15 is 0 Å². The highest BCUT2D eigenvalue weighted by Crippen LogP contribution is 2.29. The average Bonchev–Trinajstić information content (AvgIpc) is 3.47. The number of halogens is 1. The van der Waals surface area contributed by atoms with Crippen LogP contribution in [0.5, 0.6) is 0 Å². The number of tetrazole rings is 1. The molecule has 202 valence electrons. The van der Waals surface area contributed by atoms with Gasteiger partial charge in [-0.05, 0) is 59.4 Å². The van der Waals surface area contributed by atoms with E-state index in [9.17, 15) is 9.59 Å². The number of hydrogen-bond acceptors (Lipinski definition) is 7. The summed E-state index contributed by atoms with van der Waals surface area (Å²) >= 11 is 6.36. The number of aromatic nitrogens is 4. The standard InChI is InChI=1S/C28H30ClN7O3/c1-3-19(15-25-33-35-36-34-25)20-9-11-23(12-10-20)31-26(27(37)30-2)21-13-22(29)16-24(14-21)32-28(38)39-17-18-7-5-4-6-8-18/h4-14,16,19,26,31H,3,15,17H2,1-2H3,(H,30,37)(H,32,38)(H,33,34,35,36)/t19-,26+/m1/s1. The zero-order valence-electron chi connectivity index (χ0n) is 21.6. The first-order valence-corrected chi connectivity index (χ1v) is 12.9. The van der Waals surface area contributed by atoms with Crippen molar-refractivity contribution in [1.82, 2.24) is 25.9 Å². The topological polar surface area (TPSA) is 134 Å². The van der Waals surface area contributed by atoms with Crippen LogP contribution >= 0.6 is 11.6 Å². The van der Waals surface area contributed by atoms with Gasteiger partial charge in [-0.15, -0.1) is 10.2 Å². The zero-order chi connectivity index (χ0) is 27.6. The number of H-pyrrole nitrogens is 1. The van der Waals surface area contributed by atoms with E-state index in [0.717, 1.165) is 23.2 Å². The van der Waals surface area contributed by atoms with Crippen molar-refractivity contribution in [3.8, 4) is 0 Å². The minimum atomic E-state index is -0.762. The summed E-state index contributed by atoms with van der Waals surface area (Å²) in [5, 5.41) is 23.2. The molecule has 1 aromatic heterocycles. The molecule has 3 aromatic carbocycles. The number of hydrogen-bond donors (Lipinski definition) is 4. The van der Waals surface area contributed by atoms with Crippen molar-refractivity contribution in [2.75, 3.05) is 17.7 Å². The third-order valence-electron chi connectivity index (χ3n) is 6.23. The molecule has 0 aliphatic heterocycles. The molecular weight excluding hydrogens is 518 g/mol. The second-order valence-electron chi connectivity index (χ2n) is 8.91. The van der Waals surface area contributed by atoms with Gasteiger partial charge in [-0.3, -0.25) is 10.1 Å². The summed E-state index contributed by atoms with van der Waals surface area (Å²) in [4.78, 5) is 25.3. The van der Waals surface area contributed by atoms with Crippen LogP contribution in [0.25, 0.3) is 0 Å². The van der Waals surface area contributed by atoms with Crippen molar-refractivity contribution in [3.63, 3.8) is 0 Å². The lowest BCUT2D eigenvalue weighted by Crippen LogP contribution is -2.31. The van der Waals surface area contributed by atoms with Gasteiger partial charge < -0.3 is 15.4 Å². The minimum Gasteiger partial charge on any atom is -0.444 e. The van der Waals surface area contributed by atoms with Gasteiger partial charge in [0.05, 0.1) is 0 Å². The fourth-order valence-electron chi connectivity index (χ4n) is 4.18. The molecular formula is C28H30ClN7O3. The van der Waals surface area contributed by atoms with E-state index in [1.807, 2.05) is 54.6 Å². The molecule has 11 heteroatoms. The van der Waals surface area contributed by atoms with Gasteiger partial charge in [0.1, 0.15) is 12.6 Å². The summed E-state index contributed by atoms with van der Waals surface area (Å²) in [7, 11) is 1.56. The van der Waals surface area contributed by atoms with Crippen molar-refractivity contribution in [3.05, 3.63) is 100 Å². The Morgan fingerprint density at radius 1 is 1.00 bits per heavy atom. The molecule has 4 aromatic rings. The van der Waals surface area contributed by atoms with Crippen LogP contribution in [-0.2, 0) is 22.6 Å². The van der Waals surface area contributed by atoms with E-state index in [1.54, 1.807) is 25.2 Å². The molecule has 4 rings (SSSR count). The first-order chi connectivity index (χ1) is 18.9. The number of ether oxygens (including phenoxy) is 1. The van der Waals surface area contributed by atoms with Gasteiger partial charge in [-0.25, -0.2) is 4.79 Å². The molecule has 0 saturated carbocycles. The number of rotatable bonds is 11. The van der Waals surface area contributed by atoms with E-state index in [4.69, 9.17) is 16.3 Å². The number of benzene rings is 3. The molecule has 0 unspecified atom stereocenters. The van der Waals surface area contributed by atoms with Crippen LogP contribution in [0.3, 0.4) is 0 Å². The molecule has 0 aliphatic rings. The van der Waals surface area contributed by atoms with E-state index in [1.165, 1.54) is 0 Å². The molecule has 39 heavy (non-hydrogen) atoms.